The minimum Gasteiger partial charge on any atom is -0.474 e. The van der Waals surface area contributed by atoms with E-state index in [9.17, 15) is 4.79 Å². The van der Waals surface area contributed by atoms with Gasteiger partial charge in [0.25, 0.3) is 5.56 Å². The average molecular weight is 629 g/mol. The van der Waals surface area contributed by atoms with E-state index < -0.39 is 22.9 Å². The van der Waals surface area contributed by atoms with Gasteiger partial charge >= 0.3 is 0 Å². The molecule has 2 aromatic heterocycles. The van der Waals surface area contributed by atoms with Gasteiger partial charge in [-0.05, 0) is 108 Å². The fourth-order valence-corrected chi connectivity index (χ4v) is 5.95. The zero-order valence-electron chi connectivity index (χ0n) is 27.0. The molecule has 6 rings (SSSR count). The number of ether oxygens (including phenoxy) is 1. The first kappa shape index (κ1) is 31.7. The summed E-state index contributed by atoms with van der Waals surface area (Å²) >= 11 is 0. The molecule has 2 fully saturated rings. The first-order valence-corrected chi connectivity index (χ1v) is 16.0. The van der Waals surface area contributed by atoms with Crippen molar-refractivity contribution in [2.75, 3.05) is 25.0 Å². The van der Waals surface area contributed by atoms with Crippen molar-refractivity contribution in [3.05, 3.63) is 94.1 Å². The van der Waals surface area contributed by atoms with Gasteiger partial charge in [0.15, 0.2) is 11.5 Å². The number of rotatable bonds is 10. The van der Waals surface area contributed by atoms with Gasteiger partial charge < -0.3 is 20.3 Å². The molecule has 0 radical (unpaired) electrons. The van der Waals surface area contributed by atoms with Crippen LogP contribution in [0.25, 0.3) is 28.0 Å². The second-order valence-electron chi connectivity index (χ2n) is 13.4. The lowest BCUT2D eigenvalue weighted by Crippen LogP contribution is -2.40. The molecule has 0 unspecified atom stereocenters. The van der Waals surface area contributed by atoms with E-state index in [1.54, 1.807) is 6.07 Å². The number of piperidine rings is 1. The van der Waals surface area contributed by atoms with Crippen LogP contribution >= 0.6 is 0 Å². The Hall–Kier alpha value is -4.31. The zero-order chi connectivity index (χ0) is 32.6. The van der Waals surface area contributed by atoms with Gasteiger partial charge in [0.05, 0.1) is 5.69 Å². The fraction of sp³-hybridized carbons (Fsp3) is 0.417. The monoisotopic (exact) mass is 628 g/mol. The Morgan fingerprint density at radius 2 is 1.74 bits per heavy atom. The predicted molar refractivity (Wildman–Crippen MR) is 178 cm³/mol. The lowest BCUT2D eigenvalue weighted by Gasteiger charge is -2.36. The van der Waals surface area contributed by atoms with Gasteiger partial charge in [0.2, 0.25) is 5.95 Å². The minimum atomic E-state index is -0.853. The SMILES string of the molecule is C=C(OC(C)(C)C)N1CCC(Nc2nc(-c3cc(CNCC4CC4)ccc3C)c3ccc(=O)n(-c4c(F)cccc4F)c3n2)CC1. The van der Waals surface area contributed by atoms with Crippen LogP contribution in [0.4, 0.5) is 14.7 Å². The topological polar surface area (TPSA) is 84.3 Å². The molecule has 1 saturated heterocycles. The fourth-order valence-electron chi connectivity index (χ4n) is 5.95. The molecule has 2 aromatic carbocycles. The van der Waals surface area contributed by atoms with Gasteiger partial charge in [-0.3, -0.25) is 9.36 Å². The van der Waals surface area contributed by atoms with Crippen LogP contribution in [-0.4, -0.2) is 50.7 Å². The molecule has 1 aliphatic carbocycles. The molecule has 2 N–H and O–H groups in total. The summed E-state index contributed by atoms with van der Waals surface area (Å²) in [4.78, 5) is 25.2. The van der Waals surface area contributed by atoms with Crippen LogP contribution in [0.5, 0.6) is 0 Å². The summed E-state index contributed by atoms with van der Waals surface area (Å²) in [5.41, 5.74) is 2.28. The van der Waals surface area contributed by atoms with Crippen LogP contribution in [0.15, 0.2) is 65.8 Å². The third kappa shape index (κ3) is 7.07. The third-order valence-electron chi connectivity index (χ3n) is 8.53. The van der Waals surface area contributed by atoms with E-state index in [1.807, 2.05) is 27.7 Å². The van der Waals surface area contributed by atoms with Crippen LogP contribution in [0, 0.1) is 24.5 Å². The molecule has 3 heterocycles. The van der Waals surface area contributed by atoms with E-state index >= 15 is 8.78 Å². The van der Waals surface area contributed by atoms with Crippen molar-refractivity contribution in [1.29, 1.82) is 0 Å². The molecule has 0 bridgehead atoms. The summed E-state index contributed by atoms with van der Waals surface area (Å²) in [6.07, 6.45) is 4.09. The highest BCUT2D eigenvalue weighted by Crippen LogP contribution is 2.33. The molecule has 4 aromatic rings. The Bertz CT molecular complexity index is 1800. The van der Waals surface area contributed by atoms with Crippen molar-refractivity contribution < 1.29 is 13.5 Å². The highest BCUT2D eigenvalue weighted by Gasteiger charge is 2.26. The van der Waals surface area contributed by atoms with Crippen LogP contribution in [0.1, 0.15) is 57.6 Å². The van der Waals surface area contributed by atoms with E-state index in [4.69, 9.17) is 14.7 Å². The molecule has 0 atom stereocenters. The molecular formula is C36H42F2N6O2. The Kier molecular flexibility index (Phi) is 8.83. The number of likely N-dealkylation sites (tertiary alicyclic amines) is 1. The number of para-hydroxylation sites is 1. The van der Waals surface area contributed by atoms with E-state index in [0.29, 0.717) is 29.5 Å². The number of aromatic nitrogens is 3. The summed E-state index contributed by atoms with van der Waals surface area (Å²) < 4.78 is 37.3. The Balaban J connectivity index is 1.40. The van der Waals surface area contributed by atoms with Crippen molar-refractivity contribution in [2.45, 2.75) is 71.6 Å². The van der Waals surface area contributed by atoms with Crippen LogP contribution < -0.4 is 16.2 Å². The summed E-state index contributed by atoms with van der Waals surface area (Å²) in [5.74, 6) is -0.00840. The maximum atomic E-state index is 15.2. The number of nitrogens with one attached hydrogen (secondary N) is 2. The molecule has 1 aliphatic heterocycles. The van der Waals surface area contributed by atoms with Crippen molar-refractivity contribution in [2.24, 2.45) is 5.92 Å². The number of benzene rings is 2. The van der Waals surface area contributed by atoms with E-state index in [2.05, 4.69) is 40.3 Å². The first-order valence-electron chi connectivity index (χ1n) is 16.0. The largest absolute Gasteiger partial charge is 0.474 e. The number of hydrogen-bond acceptors (Lipinski definition) is 7. The Labute approximate surface area is 268 Å². The number of fused-ring (bicyclic) bond motifs is 1. The molecule has 10 heteroatoms. The van der Waals surface area contributed by atoms with Crippen LogP contribution in [0.2, 0.25) is 0 Å². The standard InChI is InChI=1S/C36H42F2N6O2/c1-22-9-10-25(21-39-20-24-11-12-24)19-28(22)32-27-13-14-31(45)44(33-29(37)7-6-8-30(33)38)34(27)42-35(41-32)40-26-15-17-43(18-16-26)23(2)46-36(3,4)5/h6-10,13-14,19,24,26,39H,2,11-12,15-18,20-21H2,1,3-5H3,(H,40,41,42). The molecular weight excluding hydrogens is 586 g/mol. The highest BCUT2D eigenvalue weighted by atomic mass is 19.1. The number of halogens is 2. The van der Waals surface area contributed by atoms with Crippen LogP contribution in [0.3, 0.4) is 0 Å². The van der Waals surface area contributed by atoms with Gasteiger partial charge in [-0.15, -0.1) is 0 Å². The molecule has 1 saturated carbocycles. The number of hydrogen-bond donors (Lipinski definition) is 2. The molecule has 2 aliphatic rings. The molecule has 0 amide bonds. The third-order valence-corrected chi connectivity index (χ3v) is 8.53. The minimum absolute atomic E-state index is 0.0251. The average Bonchev–Trinajstić information content (AvgIpc) is 3.83. The van der Waals surface area contributed by atoms with Crippen LogP contribution in [-0.2, 0) is 11.3 Å². The van der Waals surface area contributed by atoms with Crippen molar-refractivity contribution in [3.63, 3.8) is 0 Å². The number of aryl methyl sites for hydroxylation is 1. The van der Waals surface area contributed by atoms with E-state index in [1.165, 1.54) is 25.0 Å². The van der Waals surface area contributed by atoms with Crippen molar-refractivity contribution in [3.8, 4) is 16.9 Å². The second-order valence-corrected chi connectivity index (χ2v) is 13.4. The predicted octanol–water partition coefficient (Wildman–Crippen LogP) is 6.70. The molecule has 0 spiro atoms. The smallest absolute Gasteiger partial charge is 0.256 e. The van der Waals surface area contributed by atoms with Gasteiger partial charge in [-0.1, -0.05) is 18.2 Å². The normalized spacial score (nSPS) is 15.7. The number of pyridine rings is 1. The maximum Gasteiger partial charge on any atom is 0.256 e. The highest BCUT2D eigenvalue weighted by molar-refractivity contribution is 5.93. The Morgan fingerprint density at radius 1 is 1.02 bits per heavy atom. The van der Waals surface area contributed by atoms with Gasteiger partial charge in [-0.2, -0.15) is 4.98 Å². The summed E-state index contributed by atoms with van der Waals surface area (Å²) in [6, 6.07) is 12.8. The van der Waals surface area contributed by atoms with Crippen molar-refractivity contribution in [1.82, 2.24) is 24.8 Å². The quantitative estimate of drug-likeness (QED) is 0.189. The van der Waals surface area contributed by atoms with Crippen molar-refractivity contribution >= 4 is 17.0 Å². The van der Waals surface area contributed by atoms with Gasteiger partial charge in [0.1, 0.15) is 22.9 Å². The number of nitrogens with zero attached hydrogens (tertiary/aromatic N) is 4. The zero-order valence-corrected chi connectivity index (χ0v) is 27.0. The number of anilines is 1. The van der Waals surface area contributed by atoms with Gasteiger partial charge in [-0.25, -0.2) is 13.8 Å². The lowest BCUT2D eigenvalue weighted by atomic mass is 9.99. The Morgan fingerprint density at radius 3 is 2.41 bits per heavy atom. The summed E-state index contributed by atoms with van der Waals surface area (Å²) in [7, 11) is 0. The van der Waals surface area contributed by atoms with E-state index in [-0.39, 0.29) is 17.3 Å². The van der Waals surface area contributed by atoms with Gasteiger partial charge in [0, 0.05) is 42.7 Å². The summed E-state index contributed by atoms with van der Waals surface area (Å²) in [6.45, 7) is 15.3. The second kappa shape index (κ2) is 12.8. The summed E-state index contributed by atoms with van der Waals surface area (Å²) in [5, 5.41) is 7.54. The van der Waals surface area contributed by atoms with E-state index in [0.717, 1.165) is 71.8 Å². The first-order chi connectivity index (χ1) is 22.0. The molecule has 242 valence electrons. The maximum absolute atomic E-state index is 15.2. The lowest BCUT2D eigenvalue weighted by molar-refractivity contribution is -0.00226. The molecule has 8 nitrogen and oxygen atoms in total. The molecule has 46 heavy (non-hydrogen) atoms.